The van der Waals surface area contributed by atoms with E-state index in [0.29, 0.717) is 48.8 Å². The Labute approximate surface area is 141 Å². The van der Waals surface area contributed by atoms with E-state index in [4.69, 9.17) is 9.47 Å². The molecule has 5 nitrogen and oxygen atoms in total. The molecule has 0 amide bonds. The number of sulfonamides is 1. The van der Waals surface area contributed by atoms with Gasteiger partial charge in [0, 0.05) is 24.0 Å². The van der Waals surface area contributed by atoms with Crippen LogP contribution in [0.1, 0.15) is 22.3 Å². The van der Waals surface area contributed by atoms with Gasteiger partial charge in [0.1, 0.15) is 16.4 Å². The molecular weight excluding hydrogens is 326 g/mol. The first-order chi connectivity index (χ1) is 11.5. The quantitative estimate of drug-likeness (QED) is 0.929. The van der Waals surface area contributed by atoms with E-state index in [-0.39, 0.29) is 4.90 Å². The molecule has 4 rings (SSSR count). The van der Waals surface area contributed by atoms with Crippen molar-refractivity contribution in [1.29, 1.82) is 0 Å². The second-order valence-corrected chi connectivity index (χ2v) is 7.84. The van der Waals surface area contributed by atoms with Crippen LogP contribution in [0.25, 0.3) is 0 Å². The number of hydrogen-bond donors (Lipinski definition) is 1. The lowest BCUT2D eigenvalue weighted by atomic mass is 10.1. The van der Waals surface area contributed by atoms with Gasteiger partial charge in [0.25, 0.3) is 10.0 Å². The van der Waals surface area contributed by atoms with Crippen molar-refractivity contribution in [2.24, 2.45) is 0 Å². The van der Waals surface area contributed by atoms with Crippen LogP contribution in [0.4, 0.5) is 5.69 Å². The molecule has 0 spiro atoms. The van der Waals surface area contributed by atoms with E-state index >= 15 is 0 Å². The number of fused-ring (bicyclic) bond motifs is 2. The maximum absolute atomic E-state index is 13.1. The maximum atomic E-state index is 13.1. The van der Waals surface area contributed by atoms with E-state index in [0.717, 1.165) is 16.7 Å². The van der Waals surface area contributed by atoms with Gasteiger partial charge < -0.3 is 9.47 Å². The SMILES string of the molecule is Cc1cccc(NS(=O)(=O)c2c3c(cc4c2OCC4)OCC3)c1C. The standard InChI is InChI=1S/C18H19NO4S/c1-11-4-3-5-15(12(11)2)19-24(20,21)18-14-7-9-22-16(14)10-13-6-8-23-17(13)18/h3-5,10,19H,6-9H2,1-2H3. The van der Waals surface area contributed by atoms with Gasteiger partial charge in [0.2, 0.25) is 0 Å². The molecule has 6 heteroatoms. The van der Waals surface area contributed by atoms with Gasteiger partial charge in [-0.25, -0.2) is 8.42 Å². The molecule has 2 heterocycles. The molecule has 0 aliphatic carbocycles. The van der Waals surface area contributed by atoms with Crippen LogP contribution in [0, 0.1) is 13.8 Å². The highest BCUT2D eigenvalue weighted by atomic mass is 32.2. The minimum Gasteiger partial charge on any atom is -0.493 e. The second kappa shape index (κ2) is 5.41. The summed E-state index contributed by atoms with van der Waals surface area (Å²) in [6.45, 7) is 4.88. The predicted octanol–water partition coefficient (Wildman–Crippen LogP) is 2.97. The van der Waals surface area contributed by atoms with E-state index in [1.807, 2.05) is 32.0 Å². The lowest BCUT2D eigenvalue weighted by Crippen LogP contribution is -2.17. The second-order valence-electron chi connectivity index (χ2n) is 6.22. The number of rotatable bonds is 3. The van der Waals surface area contributed by atoms with Crippen molar-refractivity contribution in [2.45, 2.75) is 31.6 Å². The molecule has 2 aliphatic rings. The number of aryl methyl sites for hydroxylation is 1. The fourth-order valence-electron chi connectivity index (χ4n) is 3.28. The fourth-order valence-corrected chi connectivity index (χ4v) is 4.86. The Morgan fingerprint density at radius 3 is 2.71 bits per heavy atom. The molecule has 0 saturated heterocycles. The Hall–Kier alpha value is -2.21. The molecule has 24 heavy (non-hydrogen) atoms. The van der Waals surface area contributed by atoms with Crippen LogP contribution in [0.15, 0.2) is 29.2 Å². The molecule has 2 aliphatic heterocycles. The zero-order valence-corrected chi connectivity index (χ0v) is 14.5. The average Bonchev–Trinajstić information content (AvgIpc) is 3.17. The lowest BCUT2D eigenvalue weighted by Gasteiger charge is -2.16. The van der Waals surface area contributed by atoms with E-state index in [1.54, 1.807) is 6.07 Å². The van der Waals surface area contributed by atoms with Crippen LogP contribution in [0.2, 0.25) is 0 Å². The van der Waals surface area contributed by atoms with Crippen LogP contribution in [0.5, 0.6) is 11.5 Å². The molecular formula is C18H19NO4S. The number of benzene rings is 2. The van der Waals surface area contributed by atoms with E-state index in [2.05, 4.69) is 4.72 Å². The summed E-state index contributed by atoms with van der Waals surface area (Å²) < 4.78 is 40.3. The highest BCUT2D eigenvalue weighted by molar-refractivity contribution is 7.92. The molecule has 1 N–H and O–H groups in total. The predicted molar refractivity (Wildman–Crippen MR) is 91.6 cm³/mol. The van der Waals surface area contributed by atoms with Crippen molar-refractivity contribution in [3.05, 3.63) is 46.5 Å². The van der Waals surface area contributed by atoms with Crippen molar-refractivity contribution >= 4 is 15.7 Å². The van der Waals surface area contributed by atoms with Crippen LogP contribution < -0.4 is 14.2 Å². The summed E-state index contributed by atoms with van der Waals surface area (Å²) in [5.41, 5.74) is 4.17. The van der Waals surface area contributed by atoms with Gasteiger partial charge in [-0.1, -0.05) is 12.1 Å². The highest BCUT2D eigenvalue weighted by Gasteiger charge is 2.34. The third-order valence-electron chi connectivity index (χ3n) is 4.72. The van der Waals surface area contributed by atoms with Gasteiger partial charge in [0.05, 0.1) is 18.9 Å². The maximum Gasteiger partial charge on any atom is 0.266 e. The Kier molecular flexibility index (Phi) is 3.46. The third-order valence-corrected chi connectivity index (χ3v) is 6.18. The summed E-state index contributed by atoms with van der Waals surface area (Å²) in [5, 5.41) is 0. The summed E-state index contributed by atoms with van der Waals surface area (Å²) >= 11 is 0. The zero-order valence-electron chi connectivity index (χ0n) is 13.7. The van der Waals surface area contributed by atoms with Gasteiger partial charge in [-0.15, -0.1) is 0 Å². The summed E-state index contributed by atoms with van der Waals surface area (Å²) in [4.78, 5) is 0.242. The summed E-state index contributed by atoms with van der Waals surface area (Å²) in [6.07, 6.45) is 1.28. The smallest absolute Gasteiger partial charge is 0.266 e. The summed E-state index contributed by atoms with van der Waals surface area (Å²) in [7, 11) is -3.76. The van der Waals surface area contributed by atoms with E-state index < -0.39 is 10.0 Å². The van der Waals surface area contributed by atoms with Crippen LogP contribution >= 0.6 is 0 Å². The number of ether oxygens (including phenoxy) is 2. The number of hydrogen-bond acceptors (Lipinski definition) is 4. The topological polar surface area (TPSA) is 64.6 Å². The Balaban J connectivity index is 1.85. The molecule has 0 unspecified atom stereocenters. The van der Waals surface area contributed by atoms with Crippen LogP contribution in [0.3, 0.4) is 0 Å². The normalized spacial score (nSPS) is 15.4. The van der Waals surface area contributed by atoms with Crippen molar-refractivity contribution < 1.29 is 17.9 Å². The largest absolute Gasteiger partial charge is 0.493 e. The first kappa shape index (κ1) is 15.3. The molecule has 2 aromatic rings. The minimum absolute atomic E-state index is 0.242. The molecule has 0 fully saturated rings. The van der Waals surface area contributed by atoms with Crippen LogP contribution in [-0.4, -0.2) is 21.6 Å². The summed E-state index contributed by atoms with van der Waals surface area (Å²) in [5.74, 6) is 1.15. The molecule has 0 atom stereocenters. The Morgan fingerprint density at radius 1 is 1.08 bits per heavy atom. The zero-order chi connectivity index (χ0) is 16.9. The van der Waals surface area contributed by atoms with Gasteiger partial charge >= 0.3 is 0 Å². The van der Waals surface area contributed by atoms with Crippen molar-refractivity contribution in [3.63, 3.8) is 0 Å². The third kappa shape index (κ3) is 2.33. The van der Waals surface area contributed by atoms with Gasteiger partial charge in [-0.3, -0.25) is 4.72 Å². The average molecular weight is 345 g/mol. The summed E-state index contributed by atoms with van der Waals surface area (Å²) in [6, 6.07) is 7.50. The van der Waals surface area contributed by atoms with Gasteiger partial charge in [0.15, 0.2) is 0 Å². The van der Waals surface area contributed by atoms with Crippen molar-refractivity contribution in [3.8, 4) is 11.5 Å². The molecule has 126 valence electrons. The van der Waals surface area contributed by atoms with Gasteiger partial charge in [-0.05, 0) is 37.1 Å². The van der Waals surface area contributed by atoms with Gasteiger partial charge in [-0.2, -0.15) is 0 Å². The number of nitrogens with one attached hydrogen (secondary N) is 1. The molecule has 0 saturated carbocycles. The monoisotopic (exact) mass is 345 g/mol. The molecule has 2 aromatic carbocycles. The Morgan fingerprint density at radius 2 is 1.88 bits per heavy atom. The first-order valence-electron chi connectivity index (χ1n) is 8.01. The van der Waals surface area contributed by atoms with E-state index in [9.17, 15) is 8.42 Å². The number of anilines is 1. The first-order valence-corrected chi connectivity index (χ1v) is 9.49. The molecule has 0 aromatic heterocycles. The van der Waals surface area contributed by atoms with E-state index in [1.165, 1.54) is 0 Å². The van der Waals surface area contributed by atoms with Crippen molar-refractivity contribution in [1.82, 2.24) is 0 Å². The van der Waals surface area contributed by atoms with Crippen molar-refractivity contribution in [2.75, 3.05) is 17.9 Å². The highest BCUT2D eigenvalue weighted by Crippen LogP contribution is 2.43. The Bertz CT molecular complexity index is 902. The minimum atomic E-state index is -3.76. The van der Waals surface area contributed by atoms with Crippen LogP contribution in [-0.2, 0) is 22.9 Å². The lowest BCUT2D eigenvalue weighted by molar-refractivity contribution is 0.348. The molecule has 0 radical (unpaired) electrons. The fraction of sp³-hybridized carbons (Fsp3) is 0.333. The molecule has 0 bridgehead atoms.